The third-order valence-electron chi connectivity index (χ3n) is 1.23. The van der Waals surface area contributed by atoms with Crippen molar-refractivity contribution in [3.63, 3.8) is 0 Å². The molecule has 0 amide bonds. The van der Waals surface area contributed by atoms with Gasteiger partial charge in [-0.3, -0.25) is 0 Å². The average Bonchev–Trinajstić information content (AvgIpc) is 2.33. The van der Waals surface area contributed by atoms with Gasteiger partial charge in [-0.1, -0.05) is 4.49 Å². The number of aromatic hydroxyl groups is 1. The Labute approximate surface area is 61.1 Å². The molecule has 0 radical (unpaired) electrons. The lowest BCUT2D eigenvalue weighted by molar-refractivity contribution is 0.476. The molecular formula is C6H4N2OS. The Bertz CT molecular complexity index is 357. The molecule has 0 fully saturated rings. The molecule has 3 nitrogen and oxygen atoms in total. The molecule has 2 aromatic rings. The highest BCUT2D eigenvalue weighted by atomic mass is 32.1. The van der Waals surface area contributed by atoms with Crippen LogP contribution in [-0.4, -0.2) is 14.7 Å². The van der Waals surface area contributed by atoms with Gasteiger partial charge in [0.1, 0.15) is 11.3 Å². The number of nitrogens with zero attached hydrogens (tertiary/aromatic N) is 2. The number of rotatable bonds is 0. The highest BCUT2D eigenvalue weighted by Crippen LogP contribution is 2.19. The standard InChI is InChI=1S/C6H4N2OS/c9-4-1-2-5-6(3-4)10-8-7-5/h1-3,9H. The third-order valence-corrected chi connectivity index (χ3v) is 1.92. The SMILES string of the molecule is Oc1ccc2nnsc2c1. The molecule has 0 spiro atoms. The van der Waals surface area contributed by atoms with Crippen LogP contribution in [0.25, 0.3) is 10.2 Å². The van der Waals surface area contributed by atoms with Crippen molar-refractivity contribution in [1.29, 1.82) is 0 Å². The summed E-state index contributed by atoms with van der Waals surface area (Å²) in [6.07, 6.45) is 0. The molecule has 0 aliphatic heterocycles. The Kier molecular flexibility index (Phi) is 1.07. The van der Waals surface area contributed by atoms with Gasteiger partial charge in [0.2, 0.25) is 0 Å². The average molecular weight is 152 g/mol. The van der Waals surface area contributed by atoms with Crippen LogP contribution in [0.4, 0.5) is 0 Å². The van der Waals surface area contributed by atoms with E-state index in [-0.39, 0.29) is 5.75 Å². The summed E-state index contributed by atoms with van der Waals surface area (Å²) in [4.78, 5) is 0. The number of hydrogen-bond donors (Lipinski definition) is 1. The first-order chi connectivity index (χ1) is 4.86. The fraction of sp³-hybridized carbons (Fsp3) is 0. The van der Waals surface area contributed by atoms with E-state index >= 15 is 0 Å². The van der Waals surface area contributed by atoms with Crippen LogP contribution < -0.4 is 0 Å². The van der Waals surface area contributed by atoms with Crippen molar-refractivity contribution in [2.24, 2.45) is 0 Å². The summed E-state index contributed by atoms with van der Waals surface area (Å²) >= 11 is 1.28. The normalized spacial score (nSPS) is 10.4. The monoisotopic (exact) mass is 152 g/mol. The molecule has 0 saturated heterocycles. The van der Waals surface area contributed by atoms with Gasteiger partial charge in [-0.2, -0.15) is 0 Å². The van der Waals surface area contributed by atoms with E-state index in [1.807, 2.05) is 0 Å². The first kappa shape index (κ1) is 5.61. The number of phenolic OH excluding ortho intramolecular Hbond substituents is 1. The Morgan fingerprint density at radius 3 is 3.20 bits per heavy atom. The third kappa shape index (κ3) is 0.733. The zero-order chi connectivity index (χ0) is 6.97. The van der Waals surface area contributed by atoms with E-state index in [1.165, 1.54) is 11.5 Å². The van der Waals surface area contributed by atoms with Crippen molar-refractivity contribution in [3.8, 4) is 5.75 Å². The number of phenols is 1. The molecule has 4 heteroatoms. The van der Waals surface area contributed by atoms with Crippen LogP contribution in [-0.2, 0) is 0 Å². The molecule has 0 bridgehead atoms. The van der Waals surface area contributed by atoms with E-state index in [4.69, 9.17) is 5.11 Å². The van der Waals surface area contributed by atoms with Gasteiger partial charge in [0, 0.05) is 6.07 Å². The molecule has 50 valence electrons. The van der Waals surface area contributed by atoms with Gasteiger partial charge in [0.15, 0.2) is 0 Å². The van der Waals surface area contributed by atoms with Crippen LogP contribution in [0.5, 0.6) is 5.75 Å². The first-order valence-electron chi connectivity index (χ1n) is 2.77. The van der Waals surface area contributed by atoms with Gasteiger partial charge in [-0.15, -0.1) is 5.10 Å². The lowest BCUT2D eigenvalue weighted by Crippen LogP contribution is -1.66. The maximum absolute atomic E-state index is 9.00. The number of hydrogen-bond acceptors (Lipinski definition) is 4. The minimum Gasteiger partial charge on any atom is -0.508 e. The summed E-state index contributed by atoms with van der Waals surface area (Å²) in [6.45, 7) is 0. The van der Waals surface area contributed by atoms with Gasteiger partial charge in [0.25, 0.3) is 0 Å². The zero-order valence-electron chi connectivity index (χ0n) is 4.98. The highest BCUT2D eigenvalue weighted by molar-refractivity contribution is 7.12. The quantitative estimate of drug-likeness (QED) is 0.620. The molecule has 1 aromatic heterocycles. The van der Waals surface area contributed by atoms with Gasteiger partial charge in [-0.25, -0.2) is 0 Å². The predicted molar refractivity (Wildman–Crippen MR) is 39.1 cm³/mol. The minimum atomic E-state index is 0.263. The van der Waals surface area contributed by atoms with E-state index in [0.29, 0.717) is 0 Å². The molecule has 1 N–H and O–H groups in total. The van der Waals surface area contributed by atoms with Crippen molar-refractivity contribution in [2.75, 3.05) is 0 Å². The van der Waals surface area contributed by atoms with Crippen molar-refractivity contribution < 1.29 is 5.11 Å². The Morgan fingerprint density at radius 1 is 1.40 bits per heavy atom. The number of fused-ring (bicyclic) bond motifs is 1. The van der Waals surface area contributed by atoms with Crippen LogP contribution in [0.1, 0.15) is 0 Å². The summed E-state index contributed by atoms with van der Waals surface area (Å²) in [7, 11) is 0. The highest BCUT2D eigenvalue weighted by Gasteiger charge is 1.96. The molecule has 0 saturated carbocycles. The zero-order valence-corrected chi connectivity index (χ0v) is 5.80. The minimum absolute atomic E-state index is 0.263. The van der Waals surface area contributed by atoms with E-state index in [2.05, 4.69) is 9.59 Å². The lowest BCUT2D eigenvalue weighted by Gasteiger charge is -1.86. The van der Waals surface area contributed by atoms with Crippen molar-refractivity contribution >= 4 is 21.7 Å². The maximum atomic E-state index is 9.00. The van der Waals surface area contributed by atoms with E-state index in [0.717, 1.165) is 10.2 Å². The van der Waals surface area contributed by atoms with Gasteiger partial charge in [0.05, 0.1) is 4.70 Å². The second-order valence-corrected chi connectivity index (χ2v) is 2.71. The molecule has 10 heavy (non-hydrogen) atoms. The number of aromatic nitrogens is 2. The fourth-order valence-corrected chi connectivity index (χ4v) is 1.36. The van der Waals surface area contributed by atoms with Gasteiger partial charge in [-0.05, 0) is 23.7 Å². The molecule has 1 aromatic carbocycles. The summed E-state index contributed by atoms with van der Waals surface area (Å²) in [5.41, 5.74) is 0.836. The van der Waals surface area contributed by atoms with Crippen molar-refractivity contribution in [1.82, 2.24) is 9.59 Å². The van der Waals surface area contributed by atoms with Crippen LogP contribution in [0.15, 0.2) is 18.2 Å². The first-order valence-corrected chi connectivity index (χ1v) is 3.55. The fourth-order valence-electron chi connectivity index (χ4n) is 0.767. The lowest BCUT2D eigenvalue weighted by atomic mass is 10.3. The Hall–Kier alpha value is -1.16. The van der Waals surface area contributed by atoms with E-state index < -0.39 is 0 Å². The summed E-state index contributed by atoms with van der Waals surface area (Å²) in [5, 5.41) is 12.8. The molecule has 0 aliphatic carbocycles. The van der Waals surface area contributed by atoms with Gasteiger partial charge >= 0.3 is 0 Å². The van der Waals surface area contributed by atoms with Crippen LogP contribution >= 0.6 is 11.5 Å². The smallest absolute Gasteiger partial charge is 0.117 e. The van der Waals surface area contributed by atoms with Crippen LogP contribution in [0.2, 0.25) is 0 Å². The van der Waals surface area contributed by atoms with E-state index in [9.17, 15) is 0 Å². The summed E-state index contributed by atoms with van der Waals surface area (Å²) in [5.74, 6) is 0.263. The summed E-state index contributed by atoms with van der Waals surface area (Å²) in [6, 6.07) is 5.00. The number of benzene rings is 1. The molecule has 0 unspecified atom stereocenters. The summed E-state index contributed by atoms with van der Waals surface area (Å²) < 4.78 is 4.64. The molecule has 0 atom stereocenters. The molecule has 0 aliphatic rings. The molecule has 2 rings (SSSR count). The Balaban J connectivity index is 2.86. The van der Waals surface area contributed by atoms with Gasteiger partial charge < -0.3 is 5.11 Å². The topological polar surface area (TPSA) is 46.0 Å². The van der Waals surface area contributed by atoms with E-state index in [1.54, 1.807) is 18.2 Å². The van der Waals surface area contributed by atoms with Crippen LogP contribution in [0.3, 0.4) is 0 Å². The van der Waals surface area contributed by atoms with Crippen molar-refractivity contribution in [3.05, 3.63) is 18.2 Å². The second kappa shape index (κ2) is 1.91. The predicted octanol–water partition coefficient (Wildman–Crippen LogP) is 1.40. The maximum Gasteiger partial charge on any atom is 0.117 e. The Morgan fingerprint density at radius 2 is 2.30 bits per heavy atom. The largest absolute Gasteiger partial charge is 0.508 e. The molecule has 1 heterocycles. The van der Waals surface area contributed by atoms with Crippen LogP contribution in [0, 0.1) is 0 Å². The van der Waals surface area contributed by atoms with Crippen molar-refractivity contribution in [2.45, 2.75) is 0 Å². The second-order valence-electron chi connectivity index (χ2n) is 1.92. The molecular weight excluding hydrogens is 148 g/mol.